The maximum atomic E-state index is 9.27. The second-order valence-corrected chi connectivity index (χ2v) is 6.32. The van der Waals surface area contributed by atoms with Gasteiger partial charge >= 0.3 is 0 Å². The molecule has 0 bridgehead atoms. The molecule has 0 radical (unpaired) electrons. The van der Waals surface area contributed by atoms with Crippen LogP contribution in [0.25, 0.3) is 11.1 Å². The first-order chi connectivity index (χ1) is 10.2. The van der Waals surface area contributed by atoms with Crippen LogP contribution in [0.15, 0.2) is 33.9 Å². The number of nitrogens with one attached hydrogen (secondary N) is 1. The van der Waals surface area contributed by atoms with Gasteiger partial charge in [-0.3, -0.25) is 5.32 Å². The van der Waals surface area contributed by atoms with Crippen LogP contribution in [0.5, 0.6) is 0 Å². The molecule has 21 heavy (non-hydrogen) atoms. The zero-order valence-corrected chi connectivity index (χ0v) is 13.4. The van der Waals surface area contributed by atoms with E-state index in [0.29, 0.717) is 5.22 Å². The smallest absolute Gasteiger partial charge is 0.256 e. The molecule has 0 fully saturated rings. The maximum absolute atomic E-state index is 9.27. The van der Waals surface area contributed by atoms with Crippen LogP contribution in [0.3, 0.4) is 0 Å². The third kappa shape index (κ3) is 4.48. The van der Waals surface area contributed by atoms with E-state index in [1.54, 1.807) is 11.8 Å². The number of benzene rings is 1. The van der Waals surface area contributed by atoms with Gasteiger partial charge in [-0.25, -0.2) is 4.98 Å². The Balaban J connectivity index is 1.80. The van der Waals surface area contributed by atoms with Crippen LogP contribution in [-0.2, 0) is 0 Å². The van der Waals surface area contributed by atoms with E-state index in [9.17, 15) is 5.26 Å². The summed E-state index contributed by atoms with van der Waals surface area (Å²) in [6.45, 7) is 4.95. The van der Waals surface area contributed by atoms with Gasteiger partial charge in [-0.1, -0.05) is 30.8 Å². The van der Waals surface area contributed by atoms with Crippen molar-refractivity contribution >= 4 is 22.9 Å². The van der Waals surface area contributed by atoms with Gasteiger partial charge in [0, 0.05) is 5.75 Å². The second kappa shape index (κ2) is 7.48. The first kappa shape index (κ1) is 15.9. The van der Waals surface area contributed by atoms with Crippen LogP contribution in [0.1, 0.15) is 33.1 Å². The van der Waals surface area contributed by atoms with Gasteiger partial charge in [0.25, 0.3) is 5.22 Å². The Morgan fingerprint density at radius 2 is 2.24 bits per heavy atom. The number of aromatic nitrogens is 1. The van der Waals surface area contributed by atoms with Crippen molar-refractivity contribution in [2.45, 2.75) is 43.9 Å². The molecule has 1 aromatic heterocycles. The van der Waals surface area contributed by atoms with Crippen LogP contribution in [-0.4, -0.2) is 22.8 Å². The van der Waals surface area contributed by atoms with Crippen molar-refractivity contribution in [2.24, 2.45) is 0 Å². The Kier molecular flexibility index (Phi) is 5.66. The average Bonchev–Trinajstić information content (AvgIpc) is 2.92. The normalized spacial score (nSPS) is 14.0. The lowest BCUT2D eigenvalue weighted by atomic mass is 9.98. The first-order valence-electron chi connectivity index (χ1n) is 7.31. The Bertz CT molecular complexity index is 586. The predicted octanol–water partition coefficient (Wildman–Crippen LogP) is 3.98. The SMILES string of the molecule is CCCNC(C)(C#N)CCCSc1nc2ccccc2o1. The van der Waals surface area contributed by atoms with E-state index in [4.69, 9.17) is 4.42 Å². The second-order valence-electron chi connectivity index (χ2n) is 5.27. The maximum Gasteiger partial charge on any atom is 0.256 e. The fraction of sp³-hybridized carbons (Fsp3) is 0.500. The summed E-state index contributed by atoms with van der Waals surface area (Å²) in [6, 6.07) is 10.1. The lowest BCUT2D eigenvalue weighted by Crippen LogP contribution is -2.41. The molecular formula is C16H21N3OS. The van der Waals surface area contributed by atoms with E-state index in [-0.39, 0.29) is 0 Å². The molecule has 0 spiro atoms. The van der Waals surface area contributed by atoms with Gasteiger partial charge in [-0.05, 0) is 44.9 Å². The molecule has 2 aromatic rings. The van der Waals surface area contributed by atoms with Crippen molar-refractivity contribution in [3.05, 3.63) is 24.3 Å². The highest BCUT2D eigenvalue weighted by atomic mass is 32.2. The van der Waals surface area contributed by atoms with E-state index < -0.39 is 5.54 Å². The summed E-state index contributed by atoms with van der Waals surface area (Å²) in [5.41, 5.74) is 1.29. The molecular weight excluding hydrogens is 282 g/mol. The molecule has 1 aromatic carbocycles. The molecule has 5 heteroatoms. The van der Waals surface area contributed by atoms with Gasteiger partial charge in [0.05, 0.1) is 6.07 Å². The monoisotopic (exact) mass is 303 g/mol. The fourth-order valence-electron chi connectivity index (χ4n) is 2.08. The number of fused-ring (bicyclic) bond motifs is 1. The van der Waals surface area contributed by atoms with Crippen molar-refractivity contribution in [2.75, 3.05) is 12.3 Å². The van der Waals surface area contributed by atoms with E-state index >= 15 is 0 Å². The molecule has 0 saturated heterocycles. The van der Waals surface area contributed by atoms with E-state index in [0.717, 1.165) is 42.7 Å². The van der Waals surface area contributed by atoms with Crippen molar-refractivity contribution in [3.8, 4) is 6.07 Å². The third-order valence-electron chi connectivity index (χ3n) is 3.33. The summed E-state index contributed by atoms with van der Waals surface area (Å²) in [6.07, 6.45) is 2.82. The molecule has 1 N–H and O–H groups in total. The Morgan fingerprint density at radius 1 is 1.43 bits per heavy atom. The number of nitriles is 1. The summed E-state index contributed by atoms with van der Waals surface area (Å²) in [5.74, 6) is 0.901. The Hall–Kier alpha value is -1.51. The van der Waals surface area contributed by atoms with Crippen LogP contribution in [0, 0.1) is 11.3 Å². The summed E-state index contributed by atoms with van der Waals surface area (Å²) in [4.78, 5) is 4.43. The number of hydrogen-bond donors (Lipinski definition) is 1. The lowest BCUT2D eigenvalue weighted by Gasteiger charge is -2.22. The summed E-state index contributed by atoms with van der Waals surface area (Å²) in [5, 5.41) is 13.3. The van der Waals surface area contributed by atoms with Crippen molar-refractivity contribution in [1.29, 1.82) is 5.26 Å². The van der Waals surface area contributed by atoms with Crippen LogP contribution in [0.4, 0.5) is 0 Å². The zero-order valence-electron chi connectivity index (χ0n) is 12.6. The van der Waals surface area contributed by atoms with Crippen LogP contribution >= 0.6 is 11.8 Å². The van der Waals surface area contributed by atoms with E-state index in [2.05, 4.69) is 23.3 Å². The molecule has 0 saturated carbocycles. The molecule has 0 aliphatic heterocycles. The lowest BCUT2D eigenvalue weighted by molar-refractivity contribution is 0.415. The highest BCUT2D eigenvalue weighted by Gasteiger charge is 2.21. The van der Waals surface area contributed by atoms with Gasteiger partial charge in [-0.15, -0.1) is 0 Å². The molecule has 1 atom stereocenters. The van der Waals surface area contributed by atoms with Gasteiger partial charge in [0.1, 0.15) is 11.1 Å². The number of rotatable bonds is 8. The van der Waals surface area contributed by atoms with Crippen molar-refractivity contribution in [3.63, 3.8) is 0 Å². The first-order valence-corrected chi connectivity index (χ1v) is 8.30. The highest BCUT2D eigenvalue weighted by Crippen LogP contribution is 2.24. The molecule has 4 nitrogen and oxygen atoms in total. The van der Waals surface area contributed by atoms with E-state index in [1.165, 1.54) is 0 Å². The molecule has 2 rings (SSSR count). The fourth-order valence-corrected chi connectivity index (χ4v) is 2.86. The molecule has 112 valence electrons. The van der Waals surface area contributed by atoms with Gasteiger partial charge in [0.2, 0.25) is 0 Å². The summed E-state index contributed by atoms with van der Waals surface area (Å²) >= 11 is 1.61. The van der Waals surface area contributed by atoms with Gasteiger partial charge < -0.3 is 4.42 Å². The summed E-state index contributed by atoms with van der Waals surface area (Å²) in [7, 11) is 0. The summed E-state index contributed by atoms with van der Waals surface area (Å²) < 4.78 is 5.66. The third-order valence-corrected chi connectivity index (χ3v) is 4.25. The molecule has 0 aliphatic rings. The van der Waals surface area contributed by atoms with Crippen molar-refractivity contribution < 1.29 is 4.42 Å². The number of hydrogen-bond acceptors (Lipinski definition) is 5. The minimum absolute atomic E-state index is 0.433. The van der Waals surface area contributed by atoms with Crippen LogP contribution in [0.2, 0.25) is 0 Å². The standard InChI is InChI=1S/C16H21N3OS/c1-3-10-18-16(2,12-17)9-6-11-21-15-19-13-7-4-5-8-14(13)20-15/h4-5,7-8,18H,3,6,9-11H2,1-2H3. The van der Waals surface area contributed by atoms with Gasteiger partial charge in [-0.2, -0.15) is 5.26 Å². The minimum Gasteiger partial charge on any atom is -0.431 e. The Morgan fingerprint density at radius 3 is 2.95 bits per heavy atom. The molecule has 1 unspecified atom stereocenters. The Labute approximate surface area is 129 Å². The van der Waals surface area contributed by atoms with Crippen molar-refractivity contribution in [1.82, 2.24) is 10.3 Å². The number of oxazole rings is 1. The highest BCUT2D eigenvalue weighted by molar-refractivity contribution is 7.99. The average molecular weight is 303 g/mol. The molecule has 1 heterocycles. The van der Waals surface area contributed by atoms with Gasteiger partial charge in [0.15, 0.2) is 5.58 Å². The largest absolute Gasteiger partial charge is 0.431 e. The van der Waals surface area contributed by atoms with E-state index in [1.807, 2.05) is 31.2 Å². The number of nitrogens with zero attached hydrogens (tertiary/aromatic N) is 2. The number of thioether (sulfide) groups is 1. The molecule has 0 amide bonds. The molecule has 0 aliphatic carbocycles. The predicted molar refractivity (Wildman–Crippen MR) is 86.3 cm³/mol. The quantitative estimate of drug-likeness (QED) is 0.590. The zero-order chi connectivity index (χ0) is 15.1. The van der Waals surface area contributed by atoms with Crippen LogP contribution < -0.4 is 5.32 Å². The minimum atomic E-state index is -0.433. The number of para-hydroxylation sites is 2. The topological polar surface area (TPSA) is 61.9 Å².